The molecular formula is C27H42O4. The maximum atomic E-state index is 12.1. The lowest BCUT2D eigenvalue weighted by atomic mass is 9.47. The molecule has 4 rings (SSSR count). The van der Waals surface area contributed by atoms with Gasteiger partial charge in [-0.1, -0.05) is 32.4 Å². The Bertz CT molecular complexity index is 742. The van der Waals surface area contributed by atoms with Crippen LogP contribution in [0.1, 0.15) is 92.4 Å². The van der Waals surface area contributed by atoms with E-state index in [9.17, 15) is 9.59 Å². The Morgan fingerprint density at radius 2 is 1.90 bits per heavy atom. The molecule has 174 valence electrons. The van der Waals surface area contributed by atoms with Gasteiger partial charge in [-0.05, 0) is 92.3 Å². The Labute approximate surface area is 188 Å². The van der Waals surface area contributed by atoms with E-state index in [1.54, 1.807) is 5.57 Å². The summed E-state index contributed by atoms with van der Waals surface area (Å²) in [5, 5.41) is 0. The summed E-state index contributed by atoms with van der Waals surface area (Å²) in [6, 6.07) is 0. The number of rotatable bonds is 5. The number of hydrogen-bond acceptors (Lipinski definition) is 4. The van der Waals surface area contributed by atoms with Crippen LogP contribution in [0.4, 0.5) is 0 Å². The van der Waals surface area contributed by atoms with Crippen molar-refractivity contribution in [2.24, 2.45) is 40.4 Å². The largest absolute Gasteiger partial charge is 0.466 e. The monoisotopic (exact) mass is 430 g/mol. The molecule has 0 radical (unpaired) electrons. The average molecular weight is 431 g/mol. The van der Waals surface area contributed by atoms with Crippen molar-refractivity contribution >= 4 is 11.9 Å². The van der Waals surface area contributed by atoms with Crippen LogP contribution in [0, 0.1) is 40.4 Å². The van der Waals surface area contributed by atoms with E-state index in [2.05, 4.69) is 26.8 Å². The molecule has 0 aromatic heterocycles. The van der Waals surface area contributed by atoms with Crippen LogP contribution in [0.2, 0.25) is 0 Å². The van der Waals surface area contributed by atoms with E-state index in [-0.39, 0.29) is 23.5 Å². The Morgan fingerprint density at radius 1 is 1.13 bits per heavy atom. The van der Waals surface area contributed by atoms with Crippen LogP contribution in [0.25, 0.3) is 0 Å². The minimum atomic E-state index is -0.148. The lowest BCUT2D eigenvalue weighted by Crippen LogP contribution is -2.51. The van der Waals surface area contributed by atoms with E-state index < -0.39 is 0 Å². The van der Waals surface area contributed by atoms with Gasteiger partial charge in [0.2, 0.25) is 0 Å². The number of fused-ring (bicyclic) bond motifs is 5. The molecule has 0 aliphatic heterocycles. The molecule has 0 saturated heterocycles. The van der Waals surface area contributed by atoms with E-state index in [4.69, 9.17) is 9.47 Å². The van der Waals surface area contributed by atoms with Gasteiger partial charge in [0.05, 0.1) is 6.61 Å². The first kappa shape index (κ1) is 22.9. The fourth-order valence-corrected chi connectivity index (χ4v) is 8.56. The normalized spacial score (nSPS) is 42.5. The predicted octanol–water partition coefficient (Wildman–Crippen LogP) is 6.09. The summed E-state index contributed by atoms with van der Waals surface area (Å²) in [6.45, 7) is 11.2. The van der Waals surface area contributed by atoms with Crippen LogP contribution < -0.4 is 0 Å². The molecule has 3 fully saturated rings. The first-order valence-electron chi connectivity index (χ1n) is 12.7. The van der Waals surface area contributed by atoms with Crippen LogP contribution in [-0.4, -0.2) is 24.6 Å². The van der Waals surface area contributed by atoms with Gasteiger partial charge in [-0.15, -0.1) is 0 Å². The van der Waals surface area contributed by atoms with Gasteiger partial charge in [0.1, 0.15) is 6.10 Å². The third-order valence-electron chi connectivity index (χ3n) is 9.95. The maximum absolute atomic E-state index is 12.1. The third kappa shape index (κ3) is 3.97. The van der Waals surface area contributed by atoms with Crippen LogP contribution >= 0.6 is 0 Å². The highest BCUT2D eigenvalue weighted by Crippen LogP contribution is 2.67. The standard InChI is InChI=1S/C27H42O4/c1-6-30-25(29)15-17(2)22-9-10-23-21-8-7-19-16-20(31-18(3)28)11-13-26(19,4)24(21)12-14-27(22,23)5/h7,17,20-24H,6,8-16H2,1-5H3. The van der Waals surface area contributed by atoms with Gasteiger partial charge in [0, 0.05) is 19.8 Å². The van der Waals surface area contributed by atoms with Gasteiger partial charge in [0.25, 0.3) is 0 Å². The zero-order valence-electron chi connectivity index (χ0n) is 20.2. The Kier molecular flexibility index (Phi) is 6.31. The molecule has 8 atom stereocenters. The molecule has 4 nitrogen and oxygen atoms in total. The van der Waals surface area contributed by atoms with Crippen molar-refractivity contribution in [2.75, 3.05) is 6.61 Å². The van der Waals surface area contributed by atoms with E-state index in [0.717, 1.165) is 37.0 Å². The third-order valence-corrected chi connectivity index (χ3v) is 9.95. The summed E-state index contributed by atoms with van der Waals surface area (Å²) in [4.78, 5) is 23.6. The SMILES string of the molecule is CCOC(=O)CC(C)C1CCC2C3CC=C4CC(OC(C)=O)CCC4(C)C3CCC12C. The molecule has 31 heavy (non-hydrogen) atoms. The molecule has 0 N–H and O–H groups in total. The Balaban J connectivity index is 1.50. The summed E-state index contributed by atoms with van der Waals surface area (Å²) < 4.78 is 10.8. The summed E-state index contributed by atoms with van der Waals surface area (Å²) in [5.41, 5.74) is 2.18. The topological polar surface area (TPSA) is 52.6 Å². The smallest absolute Gasteiger partial charge is 0.306 e. The highest BCUT2D eigenvalue weighted by atomic mass is 16.5. The molecule has 4 heteroatoms. The van der Waals surface area contributed by atoms with Crippen molar-refractivity contribution in [2.45, 2.75) is 98.5 Å². The average Bonchev–Trinajstić information content (AvgIpc) is 3.05. The number of ether oxygens (including phenoxy) is 2. The number of esters is 2. The number of carbonyl (C=O) groups excluding carboxylic acids is 2. The van der Waals surface area contributed by atoms with E-state index >= 15 is 0 Å². The summed E-state index contributed by atoms with van der Waals surface area (Å²) in [5.74, 6) is 3.13. The molecule has 0 aromatic carbocycles. The molecule has 0 aromatic rings. The van der Waals surface area contributed by atoms with Gasteiger partial charge < -0.3 is 9.47 Å². The zero-order chi connectivity index (χ0) is 22.4. The first-order valence-corrected chi connectivity index (χ1v) is 12.7. The van der Waals surface area contributed by atoms with Crippen molar-refractivity contribution in [1.29, 1.82) is 0 Å². The second kappa shape index (κ2) is 8.56. The lowest BCUT2D eigenvalue weighted by Gasteiger charge is -2.58. The molecule has 0 heterocycles. The van der Waals surface area contributed by atoms with E-state index in [0.29, 0.717) is 30.3 Å². The van der Waals surface area contributed by atoms with Crippen molar-refractivity contribution in [3.8, 4) is 0 Å². The van der Waals surface area contributed by atoms with E-state index in [1.807, 2.05) is 6.92 Å². The van der Waals surface area contributed by atoms with Gasteiger partial charge in [-0.25, -0.2) is 0 Å². The minimum absolute atomic E-state index is 0.0296. The molecule has 0 spiro atoms. The summed E-state index contributed by atoms with van der Waals surface area (Å²) >= 11 is 0. The quantitative estimate of drug-likeness (QED) is 0.391. The number of hydrogen-bond donors (Lipinski definition) is 0. The van der Waals surface area contributed by atoms with Crippen molar-refractivity contribution < 1.29 is 19.1 Å². The van der Waals surface area contributed by atoms with E-state index in [1.165, 1.54) is 39.0 Å². The second-order valence-corrected chi connectivity index (χ2v) is 11.4. The highest BCUT2D eigenvalue weighted by molar-refractivity contribution is 5.69. The van der Waals surface area contributed by atoms with Gasteiger partial charge in [-0.2, -0.15) is 0 Å². The fourth-order valence-electron chi connectivity index (χ4n) is 8.56. The number of carbonyl (C=O) groups is 2. The molecular weight excluding hydrogens is 388 g/mol. The van der Waals surface area contributed by atoms with Crippen molar-refractivity contribution in [3.63, 3.8) is 0 Å². The Hall–Kier alpha value is -1.32. The highest BCUT2D eigenvalue weighted by Gasteiger charge is 2.59. The summed E-state index contributed by atoms with van der Waals surface area (Å²) in [7, 11) is 0. The van der Waals surface area contributed by atoms with Gasteiger partial charge in [-0.3, -0.25) is 9.59 Å². The molecule has 8 unspecified atom stereocenters. The minimum Gasteiger partial charge on any atom is -0.466 e. The zero-order valence-corrected chi connectivity index (χ0v) is 20.2. The molecule has 3 saturated carbocycles. The van der Waals surface area contributed by atoms with Gasteiger partial charge in [0.15, 0.2) is 0 Å². The van der Waals surface area contributed by atoms with Gasteiger partial charge >= 0.3 is 11.9 Å². The fraction of sp³-hybridized carbons (Fsp3) is 0.852. The van der Waals surface area contributed by atoms with Crippen LogP contribution in [0.3, 0.4) is 0 Å². The van der Waals surface area contributed by atoms with Crippen LogP contribution in [-0.2, 0) is 19.1 Å². The summed E-state index contributed by atoms with van der Waals surface area (Å²) in [6.07, 6.45) is 12.6. The predicted molar refractivity (Wildman–Crippen MR) is 121 cm³/mol. The van der Waals surface area contributed by atoms with Crippen molar-refractivity contribution in [3.05, 3.63) is 11.6 Å². The number of allylic oxidation sites excluding steroid dienone is 1. The molecule has 0 amide bonds. The molecule has 0 bridgehead atoms. The molecule has 4 aliphatic rings. The van der Waals surface area contributed by atoms with Crippen molar-refractivity contribution in [1.82, 2.24) is 0 Å². The van der Waals surface area contributed by atoms with Crippen LogP contribution in [0.15, 0.2) is 11.6 Å². The Morgan fingerprint density at radius 3 is 2.61 bits per heavy atom. The molecule has 4 aliphatic carbocycles. The lowest BCUT2D eigenvalue weighted by molar-refractivity contribution is -0.149. The second-order valence-electron chi connectivity index (χ2n) is 11.4. The van der Waals surface area contributed by atoms with Crippen LogP contribution in [0.5, 0.6) is 0 Å². The first-order chi connectivity index (χ1) is 14.7. The maximum Gasteiger partial charge on any atom is 0.306 e.